The van der Waals surface area contributed by atoms with Crippen LogP contribution < -0.4 is 10.9 Å². The van der Waals surface area contributed by atoms with Crippen LogP contribution in [0.4, 0.5) is 11.6 Å². The molecule has 3 heterocycles. The van der Waals surface area contributed by atoms with E-state index in [1.165, 1.54) is 0 Å². The van der Waals surface area contributed by atoms with E-state index in [-0.39, 0.29) is 5.56 Å². The summed E-state index contributed by atoms with van der Waals surface area (Å²) in [5, 5.41) is 5.81. The van der Waals surface area contributed by atoms with E-state index in [0.717, 1.165) is 27.5 Å². The van der Waals surface area contributed by atoms with Gasteiger partial charge in [0.1, 0.15) is 5.65 Å². The fourth-order valence-corrected chi connectivity index (χ4v) is 3.71. The van der Waals surface area contributed by atoms with Gasteiger partial charge in [0.05, 0.1) is 0 Å². The monoisotopic (exact) mass is 415 g/mol. The zero-order valence-electron chi connectivity index (χ0n) is 16.2. The molecule has 30 heavy (non-hydrogen) atoms. The van der Waals surface area contributed by atoms with E-state index >= 15 is 0 Å². The Morgan fingerprint density at radius 3 is 2.73 bits per heavy atom. The van der Waals surface area contributed by atoms with Gasteiger partial charge in [0, 0.05) is 58.4 Å². The number of halogens is 1. The van der Waals surface area contributed by atoms with Crippen molar-refractivity contribution < 1.29 is 0 Å². The van der Waals surface area contributed by atoms with Crippen molar-refractivity contribution in [1.82, 2.24) is 19.5 Å². The quantitative estimate of drug-likeness (QED) is 0.442. The van der Waals surface area contributed by atoms with Gasteiger partial charge in [0.15, 0.2) is 0 Å². The summed E-state index contributed by atoms with van der Waals surface area (Å²) < 4.78 is 1.57. The lowest BCUT2D eigenvalue weighted by molar-refractivity contribution is 0.863. The van der Waals surface area contributed by atoms with Crippen molar-refractivity contribution in [3.63, 3.8) is 0 Å². The Morgan fingerprint density at radius 2 is 1.90 bits per heavy atom. The third-order valence-electron chi connectivity index (χ3n) is 5.14. The zero-order chi connectivity index (χ0) is 20.7. The second-order valence-corrected chi connectivity index (χ2v) is 7.65. The molecule has 0 unspecified atom stereocenters. The number of pyridine rings is 1. The average molecular weight is 416 g/mol. The number of aromatic nitrogens is 4. The number of aromatic amines is 1. The molecule has 0 aliphatic heterocycles. The van der Waals surface area contributed by atoms with Crippen LogP contribution in [0.3, 0.4) is 0 Å². The molecule has 0 spiro atoms. The molecule has 148 valence electrons. The molecule has 2 aromatic carbocycles. The van der Waals surface area contributed by atoms with Gasteiger partial charge in [-0.2, -0.15) is 4.98 Å². The van der Waals surface area contributed by atoms with E-state index in [1.54, 1.807) is 17.8 Å². The van der Waals surface area contributed by atoms with E-state index in [9.17, 15) is 4.79 Å². The minimum atomic E-state index is -0.0733. The second-order valence-electron chi connectivity index (χ2n) is 7.21. The number of hydrogen-bond donors (Lipinski definition) is 2. The normalized spacial score (nSPS) is 11.3. The summed E-state index contributed by atoms with van der Waals surface area (Å²) >= 11 is 5.96. The van der Waals surface area contributed by atoms with Crippen LogP contribution in [-0.2, 0) is 13.5 Å². The number of benzene rings is 2. The highest BCUT2D eigenvalue weighted by Crippen LogP contribution is 2.21. The molecule has 7 heteroatoms. The lowest BCUT2D eigenvalue weighted by Gasteiger charge is -2.10. The van der Waals surface area contributed by atoms with Crippen molar-refractivity contribution in [3.8, 4) is 0 Å². The van der Waals surface area contributed by atoms with E-state index in [0.29, 0.717) is 28.6 Å². The minimum Gasteiger partial charge on any atom is -0.361 e. The van der Waals surface area contributed by atoms with Gasteiger partial charge in [0.25, 0.3) is 5.56 Å². The van der Waals surface area contributed by atoms with E-state index in [2.05, 4.69) is 20.3 Å². The maximum absolute atomic E-state index is 12.9. The van der Waals surface area contributed by atoms with Crippen LogP contribution in [0.1, 0.15) is 11.1 Å². The van der Waals surface area contributed by atoms with Crippen LogP contribution >= 0.6 is 11.6 Å². The molecule has 0 radical (unpaired) electrons. The molecule has 5 aromatic rings. The molecule has 0 fully saturated rings. The first-order chi connectivity index (χ1) is 14.6. The van der Waals surface area contributed by atoms with Crippen LogP contribution in [0.2, 0.25) is 5.02 Å². The summed E-state index contributed by atoms with van der Waals surface area (Å²) in [6, 6.07) is 17.4. The molecule has 0 bridgehead atoms. The number of rotatable bonds is 4. The van der Waals surface area contributed by atoms with E-state index in [4.69, 9.17) is 11.6 Å². The maximum atomic E-state index is 12.9. The smallest absolute Gasteiger partial charge is 0.255 e. The van der Waals surface area contributed by atoms with Crippen molar-refractivity contribution in [2.24, 2.45) is 7.05 Å². The van der Waals surface area contributed by atoms with Gasteiger partial charge >= 0.3 is 0 Å². The molecule has 6 nitrogen and oxygen atoms in total. The first kappa shape index (κ1) is 18.4. The highest BCUT2D eigenvalue weighted by atomic mass is 35.5. The Kier molecular flexibility index (Phi) is 4.48. The fourth-order valence-electron chi connectivity index (χ4n) is 3.58. The van der Waals surface area contributed by atoms with E-state index in [1.807, 2.05) is 60.8 Å². The number of nitrogens with one attached hydrogen (secondary N) is 2. The van der Waals surface area contributed by atoms with Crippen LogP contribution in [0.5, 0.6) is 0 Å². The molecule has 0 aliphatic rings. The summed E-state index contributed by atoms with van der Waals surface area (Å²) in [6.07, 6.45) is 4.17. The highest BCUT2D eigenvalue weighted by Gasteiger charge is 2.11. The first-order valence-electron chi connectivity index (χ1n) is 9.51. The number of hydrogen-bond acceptors (Lipinski definition) is 4. The molecular formula is C23H18ClN5O. The van der Waals surface area contributed by atoms with Gasteiger partial charge in [-0.15, -0.1) is 0 Å². The van der Waals surface area contributed by atoms with Crippen LogP contribution in [0.25, 0.3) is 21.9 Å². The molecule has 0 aliphatic carbocycles. The number of nitrogens with zero attached hydrogens (tertiary/aromatic N) is 3. The Balaban J connectivity index is 1.49. The Bertz CT molecular complexity index is 1440. The van der Waals surface area contributed by atoms with Gasteiger partial charge < -0.3 is 10.3 Å². The van der Waals surface area contributed by atoms with Crippen molar-refractivity contribution in [3.05, 3.63) is 93.5 Å². The SMILES string of the molecule is Cn1c(=O)c(Cc2ccc(Cl)cc2)cc2cnc(Nc3ccc4[nH]ccc4c3)nc21. The average Bonchev–Trinajstić information content (AvgIpc) is 3.22. The number of H-pyrrole nitrogens is 1. The lowest BCUT2D eigenvalue weighted by Crippen LogP contribution is -2.22. The Labute approximate surface area is 177 Å². The largest absolute Gasteiger partial charge is 0.361 e. The summed E-state index contributed by atoms with van der Waals surface area (Å²) in [5.74, 6) is 0.442. The maximum Gasteiger partial charge on any atom is 0.255 e. The molecular weight excluding hydrogens is 398 g/mol. The molecule has 0 amide bonds. The third-order valence-corrected chi connectivity index (χ3v) is 5.39. The summed E-state index contributed by atoms with van der Waals surface area (Å²) in [7, 11) is 1.73. The van der Waals surface area contributed by atoms with Crippen molar-refractivity contribution in [2.75, 3.05) is 5.32 Å². The first-order valence-corrected chi connectivity index (χ1v) is 9.89. The fraction of sp³-hybridized carbons (Fsp3) is 0.0870. The summed E-state index contributed by atoms with van der Waals surface area (Å²) in [6.45, 7) is 0. The minimum absolute atomic E-state index is 0.0733. The summed E-state index contributed by atoms with van der Waals surface area (Å²) in [5.41, 5.74) is 4.17. The third kappa shape index (κ3) is 3.42. The molecule has 0 saturated heterocycles. The van der Waals surface area contributed by atoms with Crippen LogP contribution in [0, 0.1) is 0 Å². The highest BCUT2D eigenvalue weighted by molar-refractivity contribution is 6.30. The topological polar surface area (TPSA) is 75.6 Å². The van der Waals surface area contributed by atoms with Crippen molar-refractivity contribution >= 4 is 45.2 Å². The Hall–Kier alpha value is -3.64. The van der Waals surface area contributed by atoms with Gasteiger partial charge in [-0.25, -0.2) is 4.98 Å². The lowest BCUT2D eigenvalue weighted by atomic mass is 10.1. The second kappa shape index (κ2) is 7.31. The molecule has 5 rings (SSSR count). The van der Waals surface area contributed by atoms with Gasteiger partial charge in [-0.1, -0.05) is 23.7 Å². The zero-order valence-corrected chi connectivity index (χ0v) is 16.9. The van der Waals surface area contributed by atoms with Crippen molar-refractivity contribution in [1.29, 1.82) is 0 Å². The molecule has 3 aromatic heterocycles. The standard InChI is InChI=1S/C23H18ClN5O/c1-29-21-17(11-16(22(29)30)10-14-2-4-18(24)5-3-14)13-26-23(28-21)27-19-6-7-20-15(12-19)8-9-25-20/h2-9,11-13,25H,10H2,1H3,(H,26,27,28). The van der Waals surface area contributed by atoms with Gasteiger partial charge in [-0.3, -0.25) is 9.36 Å². The predicted octanol–water partition coefficient (Wildman–Crippen LogP) is 4.80. The van der Waals surface area contributed by atoms with Gasteiger partial charge in [-0.05, 0) is 48.0 Å². The molecule has 0 atom stereocenters. The molecule has 2 N–H and O–H groups in total. The van der Waals surface area contributed by atoms with Crippen molar-refractivity contribution in [2.45, 2.75) is 6.42 Å². The van der Waals surface area contributed by atoms with Crippen LogP contribution in [-0.4, -0.2) is 19.5 Å². The van der Waals surface area contributed by atoms with E-state index < -0.39 is 0 Å². The van der Waals surface area contributed by atoms with Crippen LogP contribution in [0.15, 0.2) is 71.8 Å². The predicted molar refractivity (Wildman–Crippen MR) is 121 cm³/mol. The molecule has 0 saturated carbocycles. The number of fused-ring (bicyclic) bond motifs is 2. The number of anilines is 2. The number of aryl methyl sites for hydroxylation is 1. The van der Waals surface area contributed by atoms with Gasteiger partial charge in [0.2, 0.25) is 5.95 Å². The Morgan fingerprint density at radius 1 is 1.07 bits per heavy atom. The summed E-state index contributed by atoms with van der Waals surface area (Å²) in [4.78, 5) is 25.1.